The predicted molar refractivity (Wildman–Crippen MR) is 93.4 cm³/mol. The van der Waals surface area contributed by atoms with Gasteiger partial charge in [-0.05, 0) is 38.0 Å². The van der Waals surface area contributed by atoms with Crippen LogP contribution in [0.4, 0.5) is 0 Å². The molecular formula is C17H22ClNO3S. The van der Waals surface area contributed by atoms with E-state index in [4.69, 9.17) is 16.3 Å². The number of hydrogen-bond donors (Lipinski definition) is 0. The van der Waals surface area contributed by atoms with Gasteiger partial charge in [0.1, 0.15) is 11.4 Å². The van der Waals surface area contributed by atoms with Gasteiger partial charge in [-0.2, -0.15) is 0 Å². The first-order chi connectivity index (χ1) is 10.9. The monoisotopic (exact) mass is 355 g/mol. The van der Waals surface area contributed by atoms with Gasteiger partial charge in [-0.25, -0.2) is 4.79 Å². The summed E-state index contributed by atoms with van der Waals surface area (Å²) in [6, 6.07) is 6.91. The van der Waals surface area contributed by atoms with E-state index in [2.05, 4.69) is 0 Å². The van der Waals surface area contributed by atoms with E-state index >= 15 is 0 Å². The molecule has 1 aromatic rings. The molecule has 1 amide bonds. The van der Waals surface area contributed by atoms with Crippen LogP contribution in [0.2, 0.25) is 5.02 Å². The minimum absolute atomic E-state index is 0.0202. The van der Waals surface area contributed by atoms with Crippen LogP contribution in [-0.4, -0.2) is 34.7 Å². The zero-order chi connectivity index (χ0) is 17.0. The minimum atomic E-state index is -0.537. The van der Waals surface area contributed by atoms with Crippen LogP contribution in [0.5, 0.6) is 0 Å². The molecule has 2 rings (SSSR count). The highest BCUT2D eigenvalue weighted by molar-refractivity contribution is 7.99. The van der Waals surface area contributed by atoms with E-state index < -0.39 is 6.04 Å². The molecule has 6 heteroatoms. The van der Waals surface area contributed by atoms with Gasteiger partial charge in [-0.3, -0.25) is 4.79 Å². The fraction of sp³-hybridized carbons (Fsp3) is 0.529. The van der Waals surface area contributed by atoms with Crippen LogP contribution in [-0.2, 0) is 14.3 Å². The van der Waals surface area contributed by atoms with E-state index in [9.17, 15) is 9.59 Å². The molecule has 2 unspecified atom stereocenters. The van der Waals surface area contributed by atoms with Gasteiger partial charge in [-0.1, -0.05) is 30.7 Å². The Morgan fingerprint density at radius 3 is 2.78 bits per heavy atom. The molecule has 0 N–H and O–H groups in total. The molecule has 1 aromatic carbocycles. The summed E-state index contributed by atoms with van der Waals surface area (Å²) in [5, 5.41) is 0.427. The number of carbonyl (C=O) groups excluding carboxylic acids is 2. The van der Waals surface area contributed by atoms with Gasteiger partial charge in [0.05, 0.1) is 6.10 Å². The summed E-state index contributed by atoms with van der Waals surface area (Å²) in [6.45, 7) is 5.58. The first-order valence-corrected chi connectivity index (χ1v) is 9.25. The van der Waals surface area contributed by atoms with Crippen LogP contribution >= 0.6 is 23.4 Å². The largest absolute Gasteiger partial charge is 0.461 e. The quantitative estimate of drug-likeness (QED) is 0.748. The molecule has 0 aliphatic carbocycles. The third-order valence-electron chi connectivity index (χ3n) is 3.51. The van der Waals surface area contributed by atoms with E-state index in [1.165, 1.54) is 0 Å². The molecule has 23 heavy (non-hydrogen) atoms. The molecule has 1 heterocycles. The molecule has 4 nitrogen and oxygen atoms in total. The van der Waals surface area contributed by atoms with Crippen LogP contribution in [0.15, 0.2) is 24.3 Å². The van der Waals surface area contributed by atoms with Gasteiger partial charge in [0.25, 0.3) is 0 Å². The summed E-state index contributed by atoms with van der Waals surface area (Å²) in [4.78, 5) is 26.6. The first-order valence-electron chi connectivity index (χ1n) is 7.82. The maximum atomic E-state index is 12.6. The third-order valence-corrected chi connectivity index (χ3v) is 5.07. The minimum Gasteiger partial charge on any atom is -0.461 e. The average molecular weight is 356 g/mol. The van der Waals surface area contributed by atoms with Crippen molar-refractivity contribution in [3.05, 3.63) is 34.9 Å². The maximum Gasteiger partial charge on any atom is 0.330 e. The maximum absolute atomic E-state index is 12.6. The highest BCUT2D eigenvalue weighted by atomic mass is 35.5. The molecule has 1 aliphatic rings. The number of halogens is 1. The summed E-state index contributed by atoms with van der Waals surface area (Å²) in [6.07, 6.45) is 0.970. The van der Waals surface area contributed by atoms with Crippen LogP contribution in [0.25, 0.3) is 0 Å². The van der Waals surface area contributed by atoms with Gasteiger partial charge in [0.2, 0.25) is 5.91 Å². The number of benzene rings is 1. The van der Waals surface area contributed by atoms with Crippen molar-refractivity contribution in [1.29, 1.82) is 0 Å². The zero-order valence-corrected chi connectivity index (χ0v) is 15.2. The van der Waals surface area contributed by atoms with E-state index in [0.29, 0.717) is 17.2 Å². The molecule has 1 fully saturated rings. The first kappa shape index (κ1) is 18.1. The third kappa shape index (κ3) is 4.42. The lowest BCUT2D eigenvalue weighted by molar-refractivity contribution is -0.157. The Labute approximate surface area is 146 Å². The Balaban J connectivity index is 2.28. The van der Waals surface area contributed by atoms with E-state index in [-0.39, 0.29) is 23.4 Å². The van der Waals surface area contributed by atoms with Crippen molar-refractivity contribution in [2.75, 3.05) is 5.75 Å². The Bertz CT molecular complexity index is 579. The highest BCUT2D eigenvalue weighted by Crippen LogP contribution is 2.42. The number of ether oxygens (including phenoxy) is 1. The Morgan fingerprint density at radius 2 is 2.17 bits per heavy atom. The number of thioether (sulfide) groups is 1. The molecule has 1 aliphatic heterocycles. The lowest BCUT2D eigenvalue weighted by atomic mass is 10.1. The Kier molecular flexibility index (Phi) is 6.36. The predicted octanol–water partition coefficient (Wildman–Crippen LogP) is 4.03. The number of nitrogens with zero attached hydrogens (tertiary/aromatic N) is 1. The fourth-order valence-corrected chi connectivity index (χ4v) is 4.19. The van der Waals surface area contributed by atoms with Crippen LogP contribution in [0.3, 0.4) is 0 Å². The SMILES string of the molecule is CCCC(=O)N1C(C(=O)OC(C)C)CSC1c1cccc(Cl)c1. The number of amides is 1. The van der Waals surface area contributed by atoms with E-state index in [1.807, 2.05) is 39.0 Å². The van der Waals surface area contributed by atoms with E-state index in [0.717, 1.165) is 12.0 Å². The molecule has 0 radical (unpaired) electrons. The standard InChI is InChI=1S/C17H22ClNO3S/c1-4-6-15(20)19-14(17(21)22-11(2)3)10-23-16(19)12-7-5-8-13(18)9-12/h5,7-9,11,14,16H,4,6,10H2,1-3H3. The molecule has 0 bridgehead atoms. The van der Waals surface area contributed by atoms with Gasteiger partial charge >= 0.3 is 5.97 Å². The van der Waals surface area contributed by atoms with Gasteiger partial charge in [0, 0.05) is 17.2 Å². The van der Waals surface area contributed by atoms with Crippen molar-refractivity contribution < 1.29 is 14.3 Å². The summed E-state index contributed by atoms with van der Waals surface area (Å²) < 4.78 is 5.33. The Hall–Kier alpha value is -1.20. The summed E-state index contributed by atoms with van der Waals surface area (Å²) in [7, 11) is 0. The second kappa shape index (κ2) is 8.06. The summed E-state index contributed by atoms with van der Waals surface area (Å²) in [5.74, 6) is 0.188. The van der Waals surface area contributed by atoms with Crippen molar-refractivity contribution in [3.8, 4) is 0 Å². The zero-order valence-electron chi connectivity index (χ0n) is 13.6. The Morgan fingerprint density at radius 1 is 1.43 bits per heavy atom. The van der Waals surface area contributed by atoms with Gasteiger partial charge < -0.3 is 9.64 Å². The lowest BCUT2D eigenvalue weighted by Crippen LogP contribution is -2.44. The van der Waals surface area contributed by atoms with Crippen molar-refractivity contribution in [2.45, 2.75) is 51.1 Å². The van der Waals surface area contributed by atoms with E-state index in [1.54, 1.807) is 22.7 Å². The second-order valence-corrected chi connectivity index (χ2v) is 7.34. The smallest absolute Gasteiger partial charge is 0.330 e. The number of carbonyl (C=O) groups is 2. The van der Waals surface area contributed by atoms with Crippen LogP contribution in [0, 0.1) is 0 Å². The normalized spacial score (nSPS) is 20.8. The van der Waals surface area contributed by atoms with Crippen molar-refractivity contribution >= 4 is 35.2 Å². The van der Waals surface area contributed by atoms with Crippen LogP contribution < -0.4 is 0 Å². The van der Waals surface area contributed by atoms with Crippen LogP contribution in [0.1, 0.15) is 44.6 Å². The van der Waals surface area contributed by atoms with Crippen molar-refractivity contribution in [1.82, 2.24) is 4.90 Å². The number of hydrogen-bond acceptors (Lipinski definition) is 4. The molecule has 1 saturated heterocycles. The summed E-state index contributed by atoms with van der Waals surface area (Å²) in [5.41, 5.74) is 0.937. The van der Waals surface area contributed by atoms with Gasteiger partial charge in [0.15, 0.2) is 0 Å². The molecule has 0 aromatic heterocycles. The molecule has 126 valence electrons. The molecule has 0 spiro atoms. The molecule has 2 atom stereocenters. The van der Waals surface area contributed by atoms with Crippen molar-refractivity contribution in [3.63, 3.8) is 0 Å². The lowest BCUT2D eigenvalue weighted by Gasteiger charge is -2.29. The molecular weight excluding hydrogens is 334 g/mol. The highest BCUT2D eigenvalue weighted by Gasteiger charge is 2.42. The van der Waals surface area contributed by atoms with Crippen molar-refractivity contribution in [2.24, 2.45) is 0 Å². The topological polar surface area (TPSA) is 46.6 Å². The fourth-order valence-electron chi connectivity index (χ4n) is 2.56. The number of rotatable bonds is 5. The molecule has 0 saturated carbocycles. The van der Waals surface area contributed by atoms with Gasteiger partial charge in [-0.15, -0.1) is 11.8 Å². The number of esters is 1. The summed E-state index contributed by atoms with van der Waals surface area (Å²) >= 11 is 7.65. The average Bonchev–Trinajstić information content (AvgIpc) is 2.91. The second-order valence-electron chi connectivity index (χ2n) is 5.79.